The molecule has 5 rings (SSSR count). The van der Waals surface area contributed by atoms with Crippen molar-refractivity contribution in [3.63, 3.8) is 0 Å². The van der Waals surface area contributed by atoms with Crippen LogP contribution in [0.15, 0.2) is 56.3 Å². The van der Waals surface area contributed by atoms with Gasteiger partial charge in [0.15, 0.2) is 5.16 Å². The molecule has 0 saturated carbocycles. The second-order valence-corrected chi connectivity index (χ2v) is 10.2. The maximum absolute atomic E-state index is 13.1. The number of aryl methyl sites for hydroxylation is 2. The number of thiophene rings is 1. The lowest BCUT2D eigenvalue weighted by atomic mass is 10.1. The number of para-hydroxylation sites is 1. The number of nitrogens with zero attached hydrogens (tertiary/aromatic N) is 6. The molecule has 0 aliphatic heterocycles. The minimum atomic E-state index is -0.0133. The first-order valence-electron chi connectivity index (χ1n) is 11.0. The number of fused-ring (bicyclic) bond motifs is 3. The molecule has 0 N–H and O–H groups in total. The molecular formula is C23H24N6O2S2. The van der Waals surface area contributed by atoms with Crippen LogP contribution in [0.4, 0.5) is 0 Å². The molecule has 0 fully saturated rings. The smallest absolute Gasteiger partial charge is 0.262 e. The molecule has 1 aromatic carbocycles. The molecule has 0 aliphatic carbocycles. The van der Waals surface area contributed by atoms with Gasteiger partial charge in [0.1, 0.15) is 0 Å². The van der Waals surface area contributed by atoms with Gasteiger partial charge in [-0.05, 0) is 42.3 Å². The van der Waals surface area contributed by atoms with Gasteiger partial charge in [-0.15, -0.1) is 21.5 Å². The Morgan fingerprint density at radius 2 is 2.03 bits per heavy atom. The van der Waals surface area contributed by atoms with Gasteiger partial charge in [0.25, 0.3) is 5.56 Å². The maximum atomic E-state index is 13.1. The lowest BCUT2D eigenvalue weighted by molar-refractivity contribution is 0.378. The Hall–Kier alpha value is -2.98. The molecule has 0 spiro atoms. The molecule has 10 heteroatoms. The molecule has 5 aromatic rings. The second kappa shape index (κ2) is 9.48. The summed E-state index contributed by atoms with van der Waals surface area (Å²) in [7, 11) is 0. The van der Waals surface area contributed by atoms with Crippen LogP contribution in [0.2, 0.25) is 0 Å². The number of hydrogen-bond acceptors (Lipinski definition) is 8. The summed E-state index contributed by atoms with van der Waals surface area (Å²) < 4.78 is 9.15. The van der Waals surface area contributed by atoms with Gasteiger partial charge in [-0.2, -0.15) is 4.98 Å². The Balaban J connectivity index is 1.35. The van der Waals surface area contributed by atoms with Crippen molar-refractivity contribution in [2.75, 3.05) is 5.75 Å². The fourth-order valence-corrected chi connectivity index (χ4v) is 5.19. The molecule has 8 nitrogen and oxygen atoms in total. The zero-order valence-corrected chi connectivity index (χ0v) is 20.1. The van der Waals surface area contributed by atoms with Gasteiger partial charge in [-0.1, -0.05) is 49.0 Å². The third-order valence-electron chi connectivity index (χ3n) is 5.38. The number of thioether (sulfide) groups is 1. The summed E-state index contributed by atoms with van der Waals surface area (Å²) in [6.45, 7) is 4.93. The highest BCUT2D eigenvalue weighted by Gasteiger charge is 2.17. The normalized spacial score (nSPS) is 11.8. The van der Waals surface area contributed by atoms with Crippen LogP contribution in [-0.4, -0.2) is 35.1 Å². The van der Waals surface area contributed by atoms with Crippen LogP contribution in [-0.2, 0) is 13.0 Å². The first-order chi connectivity index (χ1) is 16.1. The minimum absolute atomic E-state index is 0.0133. The largest absolute Gasteiger partial charge is 0.339 e. The number of benzene rings is 1. The summed E-state index contributed by atoms with van der Waals surface area (Å²) >= 11 is 3.21. The van der Waals surface area contributed by atoms with E-state index in [4.69, 9.17) is 4.52 Å². The van der Waals surface area contributed by atoms with Gasteiger partial charge in [-0.3, -0.25) is 13.8 Å². The number of rotatable bonds is 9. The van der Waals surface area contributed by atoms with Crippen LogP contribution in [0.5, 0.6) is 0 Å². The Labute approximate surface area is 198 Å². The Morgan fingerprint density at radius 1 is 1.15 bits per heavy atom. The lowest BCUT2D eigenvalue weighted by Gasteiger charge is -2.12. The quantitative estimate of drug-likeness (QED) is 0.218. The lowest BCUT2D eigenvalue weighted by Crippen LogP contribution is -2.24. The summed E-state index contributed by atoms with van der Waals surface area (Å²) in [6, 6.07) is 11.6. The highest BCUT2D eigenvalue weighted by molar-refractivity contribution is 7.99. The zero-order valence-electron chi connectivity index (χ0n) is 18.5. The molecule has 0 saturated heterocycles. The summed E-state index contributed by atoms with van der Waals surface area (Å²) in [5.41, 5.74) is 0.823. The second-order valence-electron chi connectivity index (χ2n) is 8.22. The highest BCUT2D eigenvalue weighted by atomic mass is 32.2. The standard InChI is InChI=1S/C23H24N6O2S2/c1-15(2)11-12-28-21(30)16-7-3-4-8-17(16)29-22(28)25-26-23(29)33-14-6-10-19-24-20(27-31-19)18-9-5-13-32-18/h3-5,7-9,13,15H,6,10-12,14H2,1-2H3. The van der Waals surface area contributed by atoms with Crippen molar-refractivity contribution < 1.29 is 4.52 Å². The van der Waals surface area contributed by atoms with E-state index >= 15 is 0 Å². The molecule has 0 unspecified atom stereocenters. The van der Waals surface area contributed by atoms with E-state index in [1.54, 1.807) is 27.7 Å². The molecule has 0 atom stereocenters. The van der Waals surface area contributed by atoms with Crippen molar-refractivity contribution in [1.29, 1.82) is 0 Å². The van der Waals surface area contributed by atoms with Crippen molar-refractivity contribution in [3.8, 4) is 10.7 Å². The van der Waals surface area contributed by atoms with Gasteiger partial charge in [-0.25, -0.2) is 0 Å². The zero-order chi connectivity index (χ0) is 22.8. The van der Waals surface area contributed by atoms with E-state index in [9.17, 15) is 4.79 Å². The average molecular weight is 481 g/mol. The first-order valence-corrected chi connectivity index (χ1v) is 12.8. The topological polar surface area (TPSA) is 91.1 Å². The minimum Gasteiger partial charge on any atom is -0.339 e. The van der Waals surface area contributed by atoms with Crippen LogP contribution in [0.1, 0.15) is 32.6 Å². The third kappa shape index (κ3) is 4.45. The summed E-state index contributed by atoms with van der Waals surface area (Å²) in [5, 5.41) is 16.3. The molecule has 0 amide bonds. The van der Waals surface area contributed by atoms with Crippen molar-refractivity contribution >= 4 is 39.8 Å². The molecule has 0 aliphatic rings. The Kier molecular flexibility index (Phi) is 6.28. The van der Waals surface area contributed by atoms with Crippen LogP contribution in [0.25, 0.3) is 27.4 Å². The van der Waals surface area contributed by atoms with Crippen LogP contribution < -0.4 is 5.56 Å². The molecule has 33 heavy (non-hydrogen) atoms. The highest BCUT2D eigenvalue weighted by Crippen LogP contribution is 2.24. The Bertz CT molecular complexity index is 1430. The summed E-state index contributed by atoms with van der Waals surface area (Å²) in [5.74, 6) is 3.18. The van der Waals surface area contributed by atoms with Gasteiger partial charge in [0.05, 0.1) is 15.8 Å². The van der Waals surface area contributed by atoms with E-state index < -0.39 is 0 Å². The fourth-order valence-electron chi connectivity index (χ4n) is 3.67. The van der Waals surface area contributed by atoms with Gasteiger partial charge >= 0.3 is 0 Å². The van der Waals surface area contributed by atoms with Gasteiger partial charge in [0, 0.05) is 18.7 Å². The fraction of sp³-hybridized carbons (Fsp3) is 0.348. The van der Waals surface area contributed by atoms with E-state index in [1.165, 1.54) is 0 Å². The monoisotopic (exact) mass is 480 g/mol. The third-order valence-corrected chi connectivity index (χ3v) is 7.27. The maximum Gasteiger partial charge on any atom is 0.262 e. The van der Waals surface area contributed by atoms with E-state index in [1.807, 2.05) is 46.2 Å². The van der Waals surface area contributed by atoms with Crippen LogP contribution in [0, 0.1) is 5.92 Å². The van der Waals surface area contributed by atoms with E-state index in [0.29, 0.717) is 41.8 Å². The number of aromatic nitrogens is 6. The number of hydrogen-bond donors (Lipinski definition) is 0. The van der Waals surface area contributed by atoms with Crippen molar-refractivity contribution in [3.05, 3.63) is 58.0 Å². The molecule has 170 valence electrons. The van der Waals surface area contributed by atoms with Crippen molar-refractivity contribution in [2.45, 2.75) is 44.8 Å². The van der Waals surface area contributed by atoms with E-state index in [0.717, 1.165) is 34.1 Å². The first kappa shape index (κ1) is 21.8. The van der Waals surface area contributed by atoms with E-state index in [2.05, 4.69) is 34.2 Å². The van der Waals surface area contributed by atoms with Crippen molar-refractivity contribution in [2.24, 2.45) is 5.92 Å². The summed E-state index contributed by atoms with van der Waals surface area (Å²) in [6.07, 6.45) is 2.46. The van der Waals surface area contributed by atoms with Crippen molar-refractivity contribution in [1.82, 2.24) is 29.3 Å². The van der Waals surface area contributed by atoms with Gasteiger partial charge in [0.2, 0.25) is 17.5 Å². The van der Waals surface area contributed by atoms with Crippen LogP contribution >= 0.6 is 23.1 Å². The molecule has 4 heterocycles. The SMILES string of the molecule is CC(C)CCn1c(=O)c2ccccc2n2c(SCCCc3nc(-c4cccs4)no3)nnc12. The average Bonchev–Trinajstić information content (AvgIpc) is 3.57. The van der Waals surface area contributed by atoms with E-state index in [-0.39, 0.29) is 5.56 Å². The van der Waals surface area contributed by atoms with Gasteiger partial charge < -0.3 is 4.52 Å². The molecular weight excluding hydrogens is 456 g/mol. The predicted octanol–water partition coefficient (Wildman–Crippen LogP) is 4.93. The molecule has 0 radical (unpaired) electrons. The predicted molar refractivity (Wildman–Crippen MR) is 131 cm³/mol. The molecule has 0 bridgehead atoms. The summed E-state index contributed by atoms with van der Waals surface area (Å²) in [4.78, 5) is 18.6. The van der Waals surface area contributed by atoms with Crippen LogP contribution in [0.3, 0.4) is 0 Å². The Morgan fingerprint density at radius 3 is 2.85 bits per heavy atom. The molecule has 4 aromatic heterocycles.